The Bertz CT molecular complexity index is 1120. The average Bonchev–Trinajstić information content (AvgIpc) is 3.26. The van der Waals surface area contributed by atoms with Gasteiger partial charge in [0.15, 0.2) is 5.13 Å². The smallest absolute Gasteiger partial charge is 0.237 e. The van der Waals surface area contributed by atoms with E-state index in [0.717, 1.165) is 16.1 Å². The predicted molar refractivity (Wildman–Crippen MR) is 123 cm³/mol. The highest BCUT2D eigenvalue weighted by Gasteiger charge is 2.24. The Morgan fingerprint density at radius 3 is 2.84 bits per heavy atom. The molecule has 2 aromatic carbocycles. The van der Waals surface area contributed by atoms with Crippen LogP contribution in [0.1, 0.15) is 6.42 Å². The second kappa shape index (κ2) is 9.40. The summed E-state index contributed by atoms with van der Waals surface area (Å²) in [5, 5.41) is 5.19. The van der Waals surface area contributed by atoms with Crippen molar-refractivity contribution in [2.75, 3.05) is 36.7 Å². The molecule has 2 amide bonds. The summed E-state index contributed by atoms with van der Waals surface area (Å²) in [6, 6.07) is 13.2. The minimum Gasteiger partial charge on any atom is -0.497 e. The maximum Gasteiger partial charge on any atom is 0.237 e. The lowest BCUT2D eigenvalue weighted by Crippen LogP contribution is -2.37. The zero-order chi connectivity index (χ0) is 21.8. The monoisotopic (exact) mass is 455 g/mol. The van der Waals surface area contributed by atoms with E-state index in [-0.39, 0.29) is 18.2 Å². The summed E-state index contributed by atoms with van der Waals surface area (Å²) in [5.41, 5.74) is 2.38. The van der Waals surface area contributed by atoms with Gasteiger partial charge in [-0.05, 0) is 24.3 Å². The van der Waals surface area contributed by atoms with Gasteiger partial charge in [0.1, 0.15) is 11.5 Å². The van der Waals surface area contributed by atoms with Crippen LogP contribution in [0.3, 0.4) is 0 Å². The number of amides is 2. The van der Waals surface area contributed by atoms with Crippen LogP contribution in [0.25, 0.3) is 11.3 Å². The number of carbonyl (C=O) groups excluding carboxylic acids is 2. The Hall–Kier alpha value is -3.04. The fraction of sp³-hybridized carbons (Fsp3) is 0.227. The average molecular weight is 456 g/mol. The van der Waals surface area contributed by atoms with Gasteiger partial charge in [-0.25, -0.2) is 4.98 Å². The van der Waals surface area contributed by atoms with E-state index in [1.165, 1.54) is 23.1 Å². The largest absolute Gasteiger partial charge is 0.497 e. The summed E-state index contributed by atoms with van der Waals surface area (Å²) in [6.07, 6.45) is 0.186. The number of rotatable bonds is 7. The molecule has 1 aromatic heterocycles. The minimum atomic E-state index is -0.189. The van der Waals surface area contributed by atoms with Crippen molar-refractivity contribution in [1.82, 2.24) is 4.98 Å². The van der Waals surface area contributed by atoms with Crippen LogP contribution in [0.4, 0.5) is 10.8 Å². The SMILES string of the molecule is COc1ccc(-c2csc(NC(=O)CCN3C(=O)CSc4ccccc43)n2)c(OC)c1. The molecule has 1 aliphatic heterocycles. The Morgan fingerprint density at radius 2 is 2.03 bits per heavy atom. The lowest BCUT2D eigenvalue weighted by Gasteiger charge is -2.28. The van der Waals surface area contributed by atoms with Crippen molar-refractivity contribution in [3.05, 3.63) is 47.8 Å². The van der Waals surface area contributed by atoms with Gasteiger partial charge in [0.2, 0.25) is 11.8 Å². The van der Waals surface area contributed by atoms with Crippen LogP contribution in [0.15, 0.2) is 52.7 Å². The van der Waals surface area contributed by atoms with E-state index in [1.807, 2.05) is 41.8 Å². The number of methoxy groups -OCH3 is 2. The first-order valence-electron chi connectivity index (χ1n) is 9.59. The molecule has 0 unspecified atom stereocenters. The molecular formula is C22H21N3O4S2. The maximum atomic E-state index is 12.5. The van der Waals surface area contributed by atoms with Crippen molar-refractivity contribution in [1.29, 1.82) is 0 Å². The third kappa shape index (κ3) is 4.67. The zero-order valence-corrected chi connectivity index (χ0v) is 18.7. The summed E-state index contributed by atoms with van der Waals surface area (Å²) in [7, 11) is 3.19. The van der Waals surface area contributed by atoms with Crippen molar-refractivity contribution in [2.45, 2.75) is 11.3 Å². The molecule has 3 aromatic rings. The van der Waals surface area contributed by atoms with Crippen LogP contribution >= 0.6 is 23.1 Å². The number of nitrogens with one attached hydrogen (secondary N) is 1. The quantitative estimate of drug-likeness (QED) is 0.572. The number of anilines is 2. The molecule has 0 radical (unpaired) electrons. The Kier molecular flexibility index (Phi) is 6.43. The number of thiazole rings is 1. The van der Waals surface area contributed by atoms with Crippen LogP contribution in [-0.2, 0) is 9.59 Å². The standard InChI is InChI=1S/C22H21N3O4S2/c1-28-14-7-8-15(18(11-14)29-2)16-12-31-22(23-16)24-20(26)9-10-25-17-5-3-4-6-19(17)30-13-21(25)27/h3-8,11-12H,9-10,13H2,1-2H3,(H,23,24,26). The van der Waals surface area contributed by atoms with Gasteiger partial charge >= 0.3 is 0 Å². The number of hydrogen-bond donors (Lipinski definition) is 1. The van der Waals surface area contributed by atoms with Crippen LogP contribution in [-0.4, -0.2) is 43.3 Å². The van der Waals surface area contributed by atoms with E-state index < -0.39 is 0 Å². The molecule has 1 aliphatic rings. The first-order chi connectivity index (χ1) is 15.1. The molecule has 0 aliphatic carbocycles. The predicted octanol–water partition coefficient (Wildman–Crippen LogP) is 4.29. The Labute approximate surface area is 188 Å². The summed E-state index contributed by atoms with van der Waals surface area (Å²) in [6.45, 7) is 0.326. The molecular weight excluding hydrogens is 434 g/mol. The summed E-state index contributed by atoms with van der Waals surface area (Å²) >= 11 is 2.86. The first kappa shape index (κ1) is 21.2. The van der Waals surface area contributed by atoms with Gasteiger partial charge < -0.3 is 19.7 Å². The highest BCUT2D eigenvalue weighted by molar-refractivity contribution is 8.00. The van der Waals surface area contributed by atoms with E-state index in [1.54, 1.807) is 25.2 Å². The van der Waals surface area contributed by atoms with E-state index in [4.69, 9.17) is 9.47 Å². The van der Waals surface area contributed by atoms with Gasteiger partial charge in [0, 0.05) is 34.9 Å². The minimum absolute atomic E-state index is 0.0136. The van der Waals surface area contributed by atoms with Crippen LogP contribution < -0.4 is 19.7 Å². The molecule has 2 heterocycles. The highest BCUT2D eigenvalue weighted by atomic mass is 32.2. The third-order valence-corrected chi connectivity index (χ3v) is 6.61. The molecule has 0 fully saturated rings. The van der Waals surface area contributed by atoms with Crippen molar-refractivity contribution in [3.8, 4) is 22.8 Å². The van der Waals surface area contributed by atoms with Gasteiger partial charge in [-0.1, -0.05) is 12.1 Å². The van der Waals surface area contributed by atoms with Gasteiger partial charge in [-0.15, -0.1) is 23.1 Å². The third-order valence-electron chi connectivity index (χ3n) is 4.81. The molecule has 0 spiro atoms. The first-order valence-corrected chi connectivity index (χ1v) is 11.5. The van der Waals surface area contributed by atoms with E-state index in [9.17, 15) is 9.59 Å². The van der Waals surface area contributed by atoms with E-state index in [0.29, 0.717) is 34.6 Å². The number of fused-ring (bicyclic) bond motifs is 1. The molecule has 0 atom stereocenters. The molecule has 4 rings (SSSR count). The molecule has 9 heteroatoms. The molecule has 1 N–H and O–H groups in total. The van der Waals surface area contributed by atoms with Crippen molar-refractivity contribution in [2.24, 2.45) is 0 Å². The molecule has 0 bridgehead atoms. The van der Waals surface area contributed by atoms with Gasteiger partial charge in [0.05, 0.1) is 31.4 Å². The zero-order valence-electron chi connectivity index (χ0n) is 17.1. The molecule has 0 saturated heterocycles. The van der Waals surface area contributed by atoms with Gasteiger partial charge in [-0.3, -0.25) is 9.59 Å². The lowest BCUT2D eigenvalue weighted by molar-refractivity contribution is -0.117. The summed E-state index contributed by atoms with van der Waals surface area (Å²) in [5.74, 6) is 1.54. The summed E-state index contributed by atoms with van der Waals surface area (Å²) in [4.78, 5) is 32.1. The number of para-hydroxylation sites is 1. The fourth-order valence-corrected chi connectivity index (χ4v) is 4.92. The number of nitrogens with zero attached hydrogens (tertiary/aromatic N) is 2. The highest BCUT2D eigenvalue weighted by Crippen LogP contribution is 2.36. The molecule has 160 valence electrons. The Morgan fingerprint density at radius 1 is 1.19 bits per heavy atom. The van der Waals surface area contributed by atoms with Crippen molar-refractivity contribution >= 4 is 45.7 Å². The summed E-state index contributed by atoms with van der Waals surface area (Å²) < 4.78 is 10.7. The maximum absolute atomic E-state index is 12.5. The van der Waals surface area contributed by atoms with Gasteiger partial charge in [-0.2, -0.15) is 0 Å². The van der Waals surface area contributed by atoms with Gasteiger partial charge in [0.25, 0.3) is 0 Å². The van der Waals surface area contributed by atoms with Crippen molar-refractivity contribution in [3.63, 3.8) is 0 Å². The second-order valence-electron chi connectivity index (χ2n) is 6.70. The van der Waals surface area contributed by atoms with Crippen LogP contribution in [0, 0.1) is 0 Å². The number of carbonyl (C=O) groups is 2. The lowest BCUT2D eigenvalue weighted by atomic mass is 10.1. The number of ether oxygens (including phenoxy) is 2. The number of thioether (sulfide) groups is 1. The molecule has 31 heavy (non-hydrogen) atoms. The molecule has 7 nitrogen and oxygen atoms in total. The fourth-order valence-electron chi connectivity index (χ4n) is 3.26. The second-order valence-corrected chi connectivity index (χ2v) is 8.58. The number of aromatic nitrogens is 1. The van der Waals surface area contributed by atoms with Crippen molar-refractivity contribution < 1.29 is 19.1 Å². The number of hydrogen-bond acceptors (Lipinski definition) is 7. The normalized spacial score (nSPS) is 13.0. The Balaban J connectivity index is 1.41. The topological polar surface area (TPSA) is 80.8 Å². The van der Waals surface area contributed by atoms with Crippen LogP contribution in [0.5, 0.6) is 11.5 Å². The van der Waals surface area contributed by atoms with E-state index in [2.05, 4.69) is 10.3 Å². The van der Waals surface area contributed by atoms with E-state index >= 15 is 0 Å². The van der Waals surface area contributed by atoms with Crippen LogP contribution in [0.2, 0.25) is 0 Å². The molecule has 0 saturated carbocycles. The number of benzene rings is 2.